The number of carbonyl (C=O) groups excluding carboxylic acids is 1. The summed E-state index contributed by atoms with van der Waals surface area (Å²) >= 11 is 0. The molecule has 1 unspecified atom stereocenters. The van der Waals surface area contributed by atoms with Gasteiger partial charge in [-0.15, -0.1) is 0 Å². The number of cyclic esters (lactones) is 1. The molecule has 1 aliphatic heterocycles. The van der Waals surface area contributed by atoms with Gasteiger partial charge in [-0.1, -0.05) is 12.1 Å². The molecule has 0 saturated carbocycles. The largest absolute Gasteiger partial charge is 0.449 e. The van der Waals surface area contributed by atoms with Crippen molar-refractivity contribution in [1.82, 2.24) is 5.32 Å². The fourth-order valence-electron chi connectivity index (χ4n) is 1.68. The lowest BCUT2D eigenvalue weighted by Gasteiger charge is -2.23. The molecule has 0 radical (unpaired) electrons. The van der Waals surface area contributed by atoms with Crippen molar-refractivity contribution in [2.75, 3.05) is 6.61 Å². The number of halogens is 3. The molecule has 1 aromatic rings. The average Bonchev–Trinajstić information content (AvgIpc) is 2.28. The Bertz CT molecular complexity index is 414. The third-order valence-electron chi connectivity index (χ3n) is 2.57. The molecule has 1 aliphatic rings. The number of carbonyl (C=O) groups is 1. The van der Waals surface area contributed by atoms with Crippen LogP contribution in [0, 0.1) is 0 Å². The van der Waals surface area contributed by atoms with Crippen LogP contribution in [-0.4, -0.2) is 12.7 Å². The van der Waals surface area contributed by atoms with Gasteiger partial charge in [-0.25, -0.2) is 4.79 Å². The highest BCUT2D eigenvalue weighted by atomic mass is 19.4. The van der Waals surface area contributed by atoms with Crippen LogP contribution in [0.4, 0.5) is 18.0 Å². The van der Waals surface area contributed by atoms with Crippen LogP contribution >= 0.6 is 0 Å². The number of alkyl carbamates (subject to hydrolysis) is 1. The summed E-state index contributed by atoms with van der Waals surface area (Å²) < 4.78 is 41.7. The molecule has 1 aromatic carbocycles. The number of amides is 1. The number of hydrogen-bond donors (Lipinski definition) is 1. The molecule has 0 bridgehead atoms. The summed E-state index contributed by atoms with van der Waals surface area (Å²) in [5, 5.41) is 2.55. The summed E-state index contributed by atoms with van der Waals surface area (Å²) in [5.74, 6) is 0. The van der Waals surface area contributed by atoms with Crippen molar-refractivity contribution in [1.29, 1.82) is 0 Å². The maximum absolute atomic E-state index is 12.3. The molecule has 0 spiro atoms. The highest BCUT2D eigenvalue weighted by molar-refractivity contribution is 5.68. The van der Waals surface area contributed by atoms with Gasteiger partial charge in [0.1, 0.15) is 0 Å². The minimum absolute atomic E-state index is 0.275. The number of nitrogens with one attached hydrogen (secondary N) is 1. The van der Waals surface area contributed by atoms with Gasteiger partial charge in [0.25, 0.3) is 0 Å². The molecule has 0 aromatic heterocycles. The molecule has 1 amide bonds. The van der Waals surface area contributed by atoms with Crippen LogP contribution in [0.25, 0.3) is 0 Å². The Labute approximate surface area is 95.6 Å². The SMILES string of the molecule is O=C1NC(c2ccc(C(F)(F)F)cc2)CCO1. The van der Waals surface area contributed by atoms with Gasteiger partial charge in [0.15, 0.2) is 0 Å². The Morgan fingerprint density at radius 2 is 1.88 bits per heavy atom. The van der Waals surface area contributed by atoms with Crippen LogP contribution in [0.3, 0.4) is 0 Å². The smallest absolute Gasteiger partial charge is 0.416 e. The Kier molecular flexibility index (Phi) is 2.95. The van der Waals surface area contributed by atoms with E-state index >= 15 is 0 Å². The molecule has 3 nitrogen and oxygen atoms in total. The Hall–Kier alpha value is -1.72. The topological polar surface area (TPSA) is 38.3 Å². The van der Waals surface area contributed by atoms with Gasteiger partial charge in [0.05, 0.1) is 18.2 Å². The number of ether oxygens (including phenoxy) is 1. The van der Waals surface area contributed by atoms with E-state index in [-0.39, 0.29) is 12.6 Å². The van der Waals surface area contributed by atoms with E-state index in [0.29, 0.717) is 12.0 Å². The van der Waals surface area contributed by atoms with Crippen LogP contribution in [-0.2, 0) is 10.9 Å². The highest BCUT2D eigenvalue weighted by Crippen LogP contribution is 2.30. The van der Waals surface area contributed by atoms with Gasteiger partial charge < -0.3 is 10.1 Å². The predicted octanol–water partition coefficient (Wildman–Crippen LogP) is 2.88. The van der Waals surface area contributed by atoms with Crippen LogP contribution in [0.15, 0.2) is 24.3 Å². The Morgan fingerprint density at radius 3 is 2.41 bits per heavy atom. The first-order valence-electron chi connectivity index (χ1n) is 5.07. The summed E-state index contributed by atoms with van der Waals surface area (Å²) in [7, 11) is 0. The summed E-state index contributed by atoms with van der Waals surface area (Å²) in [6.45, 7) is 0.275. The standard InChI is InChI=1S/C11H10F3NO2/c12-11(13,14)8-3-1-7(2-4-8)9-5-6-17-10(16)15-9/h1-4,9H,5-6H2,(H,15,16). The van der Waals surface area contributed by atoms with Crippen LogP contribution < -0.4 is 5.32 Å². The van der Waals surface area contributed by atoms with Gasteiger partial charge >= 0.3 is 12.3 Å². The van der Waals surface area contributed by atoms with E-state index in [4.69, 9.17) is 0 Å². The van der Waals surface area contributed by atoms with Crippen LogP contribution in [0.5, 0.6) is 0 Å². The second kappa shape index (κ2) is 4.27. The maximum atomic E-state index is 12.3. The van der Waals surface area contributed by atoms with E-state index < -0.39 is 17.8 Å². The molecular weight excluding hydrogens is 235 g/mol. The van der Waals surface area contributed by atoms with Crippen molar-refractivity contribution in [2.45, 2.75) is 18.6 Å². The summed E-state index contributed by atoms with van der Waals surface area (Å²) in [6, 6.07) is 4.49. The van der Waals surface area contributed by atoms with Gasteiger partial charge in [-0.05, 0) is 17.7 Å². The molecule has 6 heteroatoms. The van der Waals surface area contributed by atoms with E-state index in [1.165, 1.54) is 12.1 Å². The molecule has 1 atom stereocenters. The first-order chi connectivity index (χ1) is 7.97. The number of hydrogen-bond acceptors (Lipinski definition) is 2. The van der Waals surface area contributed by atoms with E-state index in [2.05, 4.69) is 10.1 Å². The summed E-state index contributed by atoms with van der Waals surface area (Å²) in [6.07, 6.45) is -4.32. The molecule has 0 aliphatic carbocycles. The minimum atomic E-state index is -4.34. The van der Waals surface area contributed by atoms with Crippen molar-refractivity contribution in [2.24, 2.45) is 0 Å². The van der Waals surface area contributed by atoms with Gasteiger partial charge in [-0.3, -0.25) is 0 Å². The average molecular weight is 245 g/mol. The zero-order valence-electron chi connectivity index (χ0n) is 8.75. The fraction of sp³-hybridized carbons (Fsp3) is 0.364. The molecule has 1 saturated heterocycles. The van der Waals surface area contributed by atoms with E-state index in [1.807, 2.05) is 0 Å². The first kappa shape index (κ1) is 11.8. The zero-order chi connectivity index (χ0) is 12.5. The van der Waals surface area contributed by atoms with E-state index in [0.717, 1.165) is 12.1 Å². The molecule has 17 heavy (non-hydrogen) atoms. The van der Waals surface area contributed by atoms with E-state index in [9.17, 15) is 18.0 Å². The number of rotatable bonds is 1. The summed E-state index contributed by atoms with van der Waals surface area (Å²) in [4.78, 5) is 11.0. The Balaban J connectivity index is 2.15. The Morgan fingerprint density at radius 1 is 1.24 bits per heavy atom. The quantitative estimate of drug-likeness (QED) is 0.826. The molecule has 1 heterocycles. The zero-order valence-corrected chi connectivity index (χ0v) is 8.75. The monoisotopic (exact) mass is 245 g/mol. The lowest BCUT2D eigenvalue weighted by atomic mass is 10.0. The first-order valence-corrected chi connectivity index (χ1v) is 5.07. The van der Waals surface area contributed by atoms with Gasteiger partial charge in [-0.2, -0.15) is 13.2 Å². The van der Waals surface area contributed by atoms with Gasteiger partial charge in [0.2, 0.25) is 0 Å². The van der Waals surface area contributed by atoms with Crippen molar-refractivity contribution in [3.63, 3.8) is 0 Å². The van der Waals surface area contributed by atoms with Crippen LogP contribution in [0.1, 0.15) is 23.6 Å². The number of benzene rings is 1. The second-order valence-corrected chi connectivity index (χ2v) is 3.74. The fourth-order valence-corrected chi connectivity index (χ4v) is 1.68. The second-order valence-electron chi connectivity index (χ2n) is 3.74. The molecular formula is C11H10F3NO2. The lowest BCUT2D eigenvalue weighted by molar-refractivity contribution is -0.137. The minimum Gasteiger partial charge on any atom is -0.449 e. The van der Waals surface area contributed by atoms with Crippen molar-refractivity contribution < 1.29 is 22.7 Å². The van der Waals surface area contributed by atoms with Gasteiger partial charge in [0, 0.05) is 6.42 Å². The maximum Gasteiger partial charge on any atom is 0.416 e. The number of alkyl halides is 3. The summed E-state index contributed by atoms with van der Waals surface area (Å²) in [5.41, 5.74) is -0.0470. The molecule has 2 rings (SSSR count). The lowest BCUT2D eigenvalue weighted by Crippen LogP contribution is -2.35. The van der Waals surface area contributed by atoms with Crippen molar-refractivity contribution in [3.8, 4) is 0 Å². The molecule has 1 fully saturated rings. The highest BCUT2D eigenvalue weighted by Gasteiger charge is 2.30. The third kappa shape index (κ3) is 2.69. The predicted molar refractivity (Wildman–Crippen MR) is 53.3 cm³/mol. The molecule has 92 valence electrons. The normalized spacial score (nSPS) is 20.6. The third-order valence-corrected chi connectivity index (χ3v) is 2.57. The molecule has 1 N–H and O–H groups in total. The van der Waals surface area contributed by atoms with Crippen LogP contribution in [0.2, 0.25) is 0 Å². The van der Waals surface area contributed by atoms with Crippen molar-refractivity contribution in [3.05, 3.63) is 35.4 Å². The van der Waals surface area contributed by atoms with E-state index in [1.54, 1.807) is 0 Å². The van der Waals surface area contributed by atoms with Crippen molar-refractivity contribution >= 4 is 6.09 Å².